The van der Waals surface area contributed by atoms with Crippen molar-refractivity contribution < 1.29 is 9.47 Å². The van der Waals surface area contributed by atoms with Gasteiger partial charge in [-0.05, 0) is 29.8 Å². The highest BCUT2D eigenvalue weighted by Gasteiger charge is 2.06. The Kier molecular flexibility index (Phi) is 3.21. The van der Waals surface area contributed by atoms with Gasteiger partial charge in [0.1, 0.15) is 11.5 Å². The Labute approximate surface area is 117 Å². The molecule has 0 saturated heterocycles. The van der Waals surface area contributed by atoms with Crippen LogP contribution in [-0.2, 0) is 0 Å². The highest BCUT2D eigenvalue weighted by Crippen LogP contribution is 2.30. The van der Waals surface area contributed by atoms with E-state index < -0.39 is 0 Å². The third-order valence-electron chi connectivity index (χ3n) is 3.17. The van der Waals surface area contributed by atoms with Crippen molar-refractivity contribution in [2.75, 3.05) is 14.2 Å². The molecule has 0 saturated carbocycles. The van der Waals surface area contributed by atoms with E-state index in [4.69, 9.17) is 9.47 Å². The Hall–Kier alpha value is -2.62. The van der Waals surface area contributed by atoms with Crippen molar-refractivity contribution in [2.24, 2.45) is 0 Å². The molecule has 4 nitrogen and oxygen atoms in total. The van der Waals surface area contributed by atoms with Crippen molar-refractivity contribution in [1.29, 1.82) is 0 Å². The lowest BCUT2D eigenvalue weighted by Gasteiger charge is -2.09. The van der Waals surface area contributed by atoms with Crippen LogP contribution < -0.4 is 9.47 Å². The average Bonchev–Trinajstić information content (AvgIpc) is 2.53. The van der Waals surface area contributed by atoms with Gasteiger partial charge < -0.3 is 9.47 Å². The molecule has 0 unspecified atom stereocenters. The Morgan fingerprint density at radius 1 is 0.850 bits per heavy atom. The Morgan fingerprint density at radius 2 is 1.60 bits per heavy atom. The smallest absolute Gasteiger partial charge is 0.123 e. The van der Waals surface area contributed by atoms with Gasteiger partial charge in [-0.25, -0.2) is 0 Å². The van der Waals surface area contributed by atoms with Gasteiger partial charge in [0.05, 0.1) is 19.7 Å². The van der Waals surface area contributed by atoms with Gasteiger partial charge in [-0.3, -0.25) is 9.97 Å². The number of aromatic nitrogens is 2. The molecule has 0 fully saturated rings. The molecule has 20 heavy (non-hydrogen) atoms. The largest absolute Gasteiger partial charge is 0.497 e. The van der Waals surface area contributed by atoms with Gasteiger partial charge in [0.2, 0.25) is 0 Å². The summed E-state index contributed by atoms with van der Waals surface area (Å²) >= 11 is 0. The predicted molar refractivity (Wildman–Crippen MR) is 78.1 cm³/mol. The molecule has 0 spiro atoms. The fraction of sp³-hybridized carbons (Fsp3) is 0.125. The third-order valence-corrected chi connectivity index (χ3v) is 3.17. The van der Waals surface area contributed by atoms with Crippen LogP contribution in [0.15, 0.2) is 48.9 Å². The molecule has 0 aliphatic rings. The highest BCUT2D eigenvalue weighted by molar-refractivity contribution is 5.83. The van der Waals surface area contributed by atoms with Crippen LogP contribution in [0.2, 0.25) is 0 Å². The molecular weight excluding hydrogens is 252 g/mol. The van der Waals surface area contributed by atoms with E-state index in [9.17, 15) is 0 Å². The second-order valence-corrected chi connectivity index (χ2v) is 4.39. The maximum Gasteiger partial charge on any atom is 0.123 e. The normalized spacial score (nSPS) is 10.5. The lowest BCUT2D eigenvalue weighted by atomic mass is 10.1. The minimum Gasteiger partial charge on any atom is -0.497 e. The molecule has 2 heterocycles. The summed E-state index contributed by atoms with van der Waals surface area (Å²) in [5, 5.41) is 1.01. The summed E-state index contributed by atoms with van der Waals surface area (Å²) in [6.07, 6.45) is 5.39. The molecule has 0 aliphatic heterocycles. The molecule has 3 aromatic rings. The predicted octanol–water partition coefficient (Wildman–Crippen LogP) is 3.31. The number of benzene rings is 1. The van der Waals surface area contributed by atoms with Crippen molar-refractivity contribution in [3.8, 4) is 22.6 Å². The van der Waals surface area contributed by atoms with Gasteiger partial charge >= 0.3 is 0 Å². The first-order valence-corrected chi connectivity index (χ1v) is 6.23. The van der Waals surface area contributed by atoms with Crippen molar-refractivity contribution in [3.05, 3.63) is 48.9 Å². The number of fused-ring (bicyclic) bond motifs is 1. The van der Waals surface area contributed by atoms with Crippen molar-refractivity contribution in [1.82, 2.24) is 9.97 Å². The van der Waals surface area contributed by atoms with Gasteiger partial charge in [0.25, 0.3) is 0 Å². The first-order chi connectivity index (χ1) is 9.80. The lowest BCUT2D eigenvalue weighted by molar-refractivity contribution is 0.394. The van der Waals surface area contributed by atoms with Crippen LogP contribution in [0.1, 0.15) is 0 Å². The van der Waals surface area contributed by atoms with Crippen molar-refractivity contribution >= 4 is 10.9 Å². The maximum absolute atomic E-state index is 5.29. The van der Waals surface area contributed by atoms with E-state index >= 15 is 0 Å². The summed E-state index contributed by atoms with van der Waals surface area (Å²) in [6.45, 7) is 0. The minimum atomic E-state index is 0.755. The number of rotatable bonds is 3. The Morgan fingerprint density at radius 3 is 2.30 bits per heavy atom. The van der Waals surface area contributed by atoms with Crippen molar-refractivity contribution in [2.45, 2.75) is 0 Å². The van der Waals surface area contributed by atoms with E-state index in [0.29, 0.717) is 0 Å². The fourth-order valence-electron chi connectivity index (χ4n) is 2.10. The number of hydrogen-bond acceptors (Lipinski definition) is 4. The van der Waals surface area contributed by atoms with Crippen LogP contribution in [-0.4, -0.2) is 24.2 Å². The number of methoxy groups -OCH3 is 2. The zero-order valence-electron chi connectivity index (χ0n) is 11.3. The summed E-state index contributed by atoms with van der Waals surface area (Å²) in [7, 11) is 3.28. The molecule has 0 atom stereocenters. The first-order valence-electron chi connectivity index (χ1n) is 6.23. The molecule has 0 N–H and O–H groups in total. The van der Waals surface area contributed by atoms with Crippen LogP contribution in [0, 0.1) is 0 Å². The molecule has 0 amide bonds. The second kappa shape index (κ2) is 5.17. The zero-order valence-corrected chi connectivity index (χ0v) is 11.3. The molecule has 3 rings (SSSR count). The summed E-state index contributed by atoms with van der Waals surface area (Å²) < 4.78 is 10.6. The third kappa shape index (κ3) is 2.28. The van der Waals surface area contributed by atoms with Crippen LogP contribution in [0.3, 0.4) is 0 Å². The lowest BCUT2D eigenvalue weighted by Crippen LogP contribution is -1.89. The molecule has 0 aliphatic carbocycles. The molecule has 1 aromatic carbocycles. The highest BCUT2D eigenvalue weighted by atomic mass is 16.5. The quantitative estimate of drug-likeness (QED) is 0.729. The van der Waals surface area contributed by atoms with E-state index in [1.165, 1.54) is 0 Å². The molecule has 100 valence electrons. The molecule has 0 radical (unpaired) electrons. The van der Waals surface area contributed by atoms with Crippen LogP contribution >= 0.6 is 0 Å². The maximum atomic E-state index is 5.29. The van der Waals surface area contributed by atoms with Gasteiger partial charge in [0, 0.05) is 35.6 Å². The van der Waals surface area contributed by atoms with Gasteiger partial charge in [-0.1, -0.05) is 0 Å². The summed E-state index contributed by atoms with van der Waals surface area (Å²) in [5.41, 5.74) is 2.93. The van der Waals surface area contributed by atoms with Gasteiger partial charge in [-0.2, -0.15) is 0 Å². The topological polar surface area (TPSA) is 44.2 Å². The van der Waals surface area contributed by atoms with Crippen LogP contribution in [0.25, 0.3) is 22.0 Å². The molecule has 4 heteroatoms. The van der Waals surface area contributed by atoms with E-state index in [1.54, 1.807) is 20.4 Å². The van der Waals surface area contributed by atoms with Crippen LogP contribution in [0.4, 0.5) is 0 Å². The average molecular weight is 266 g/mol. The Balaban J connectivity index is 2.14. The Bertz CT molecular complexity index is 734. The fourth-order valence-corrected chi connectivity index (χ4v) is 2.10. The number of hydrogen-bond donors (Lipinski definition) is 0. The summed E-state index contributed by atoms with van der Waals surface area (Å²) in [6, 6.07) is 9.72. The first kappa shape index (κ1) is 12.4. The number of pyridine rings is 2. The van der Waals surface area contributed by atoms with Crippen LogP contribution in [0.5, 0.6) is 11.5 Å². The number of ether oxygens (including phenoxy) is 2. The van der Waals surface area contributed by atoms with E-state index in [-0.39, 0.29) is 0 Å². The van der Waals surface area contributed by atoms with E-state index in [2.05, 4.69) is 16.0 Å². The van der Waals surface area contributed by atoms with E-state index in [0.717, 1.165) is 33.5 Å². The van der Waals surface area contributed by atoms with Crippen molar-refractivity contribution in [3.63, 3.8) is 0 Å². The molecular formula is C16H14N2O2. The SMILES string of the molecule is COc1cc(OC)cc(-c2cnc3ccncc3c2)c1. The molecule has 0 bridgehead atoms. The van der Waals surface area contributed by atoms with E-state index in [1.807, 2.05) is 36.7 Å². The summed E-state index contributed by atoms with van der Waals surface area (Å²) in [4.78, 5) is 8.57. The second-order valence-electron chi connectivity index (χ2n) is 4.39. The molecule has 2 aromatic heterocycles. The number of nitrogens with zero attached hydrogens (tertiary/aromatic N) is 2. The zero-order chi connectivity index (χ0) is 13.9. The minimum absolute atomic E-state index is 0.755. The summed E-state index contributed by atoms with van der Waals surface area (Å²) in [5.74, 6) is 1.51. The monoisotopic (exact) mass is 266 g/mol. The van der Waals surface area contributed by atoms with Gasteiger partial charge in [0.15, 0.2) is 0 Å². The standard InChI is InChI=1S/C16H14N2O2/c1-19-14-6-11(7-15(8-14)20-2)12-5-13-9-17-4-3-16(13)18-10-12/h3-10H,1-2H3. The van der Waals surface area contributed by atoms with Gasteiger partial charge in [-0.15, -0.1) is 0 Å².